The number of hydrogen-bond acceptors (Lipinski definition) is 1. The molecule has 0 amide bonds. The van der Waals surface area contributed by atoms with Gasteiger partial charge in [-0.15, -0.1) is 0 Å². The second-order valence-corrected chi connectivity index (χ2v) is 17.5. The molecule has 0 N–H and O–H groups in total. The normalized spacial score (nSPS) is 13.3. The quantitative estimate of drug-likeness (QED) is 0.167. The van der Waals surface area contributed by atoms with Crippen LogP contribution in [0.4, 0.5) is 17.1 Å². The highest BCUT2D eigenvalue weighted by molar-refractivity contribution is 5.94. The van der Waals surface area contributed by atoms with Crippen molar-refractivity contribution in [3.05, 3.63) is 186 Å². The fourth-order valence-electron chi connectivity index (χ4n) is 8.08. The third-order valence-corrected chi connectivity index (χ3v) is 11.4. The van der Waals surface area contributed by atoms with E-state index in [4.69, 9.17) is 0 Å². The van der Waals surface area contributed by atoms with Gasteiger partial charge in [0.1, 0.15) is 0 Å². The molecule has 0 radical (unpaired) electrons. The van der Waals surface area contributed by atoms with Gasteiger partial charge in [0, 0.05) is 22.5 Å². The van der Waals surface area contributed by atoms with Crippen LogP contribution in [-0.2, 0) is 16.2 Å². The monoisotopic (exact) mass is 701 g/mol. The van der Waals surface area contributed by atoms with Gasteiger partial charge in [0.2, 0.25) is 0 Å². The molecule has 0 aromatic heterocycles. The predicted octanol–water partition coefficient (Wildman–Crippen LogP) is 15.1. The molecule has 7 aromatic rings. The number of hydrogen-bond donors (Lipinski definition) is 0. The van der Waals surface area contributed by atoms with E-state index in [1.165, 1.54) is 66.8 Å². The van der Waals surface area contributed by atoms with E-state index < -0.39 is 0 Å². The largest absolute Gasteiger partial charge is 0.311 e. The van der Waals surface area contributed by atoms with Gasteiger partial charge in [-0.25, -0.2) is 0 Å². The van der Waals surface area contributed by atoms with Gasteiger partial charge < -0.3 is 4.90 Å². The molecule has 0 saturated heterocycles. The first kappa shape index (κ1) is 35.4. The zero-order valence-electron chi connectivity index (χ0n) is 33.0. The smallest absolute Gasteiger partial charge is 0.0462 e. The molecule has 1 nitrogen and oxygen atoms in total. The molecule has 8 rings (SSSR count). The molecule has 1 aliphatic carbocycles. The maximum Gasteiger partial charge on any atom is 0.0462 e. The Kier molecular flexibility index (Phi) is 8.73. The first-order valence-electron chi connectivity index (χ1n) is 19.3. The number of benzene rings is 7. The number of nitrogens with zero attached hydrogens (tertiary/aromatic N) is 1. The maximum atomic E-state index is 2.49. The van der Waals surface area contributed by atoms with E-state index in [0.717, 1.165) is 17.1 Å². The molecule has 0 aliphatic heterocycles. The Labute approximate surface area is 323 Å². The summed E-state index contributed by atoms with van der Waals surface area (Å²) >= 11 is 0. The highest BCUT2D eigenvalue weighted by Gasteiger charge is 2.39. The van der Waals surface area contributed by atoms with Crippen LogP contribution in [0.3, 0.4) is 0 Å². The van der Waals surface area contributed by atoms with Crippen LogP contribution in [0.2, 0.25) is 0 Å². The first-order valence-corrected chi connectivity index (χ1v) is 19.3. The molecular weight excluding hydrogens is 651 g/mol. The first-order chi connectivity index (χ1) is 25.8. The molecule has 0 bridgehead atoms. The molecule has 0 saturated carbocycles. The van der Waals surface area contributed by atoms with Crippen molar-refractivity contribution in [3.63, 3.8) is 0 Å². The number of fused-ring (bicyclic) bond motifs is 3. The lowest BCUT2D eigenvalue weighted by Crippen LogP contribution is -2.19. The second kappa shape index (κ2) is 13.3. The molecule has 0 atom stereocenters. The zero-order valence-corrected chi connectivity index (χ0v) is 33.0. The van der Waals surface area contributed by atoms with E-state index in [0.29, 0.717) is 0 Å². The van der Waals surface area contributed by atoms with E-state index in [1.54, 1.807) is 0 Å². The van der Waals surface area contributed by atoms with Crippen molar-refractivity contribution in [2.24, 2.45) is 0 Å². The van der Waals surface area contributed by atoms with Crippen LogP contribution in [0.1, 0.15) is 77.6 Å². The molecule has 0 fully saturated rings. The minimum absolute atomic E-state index is 0.0137. The van der Waals surface area contributed by atoms with Crippen molar-refractivity contribution in [2.75, 3.05) is 4.90 Å². The van der Waals surface area contributed by atoms with E-state index in [-0.39, 0.29) is 16.2 Å². The summed E-state index contributed by atoms with van der Waals surface area (Å²) in [4.78, 5) is 2.37. The van der Waals surface area contributed by atoms with Crippen molar-refractivity contribution in [3.8, 4) is 44.5 Å². The Morgan fingerprint density at radius 3 is 1.22 bits per heavy atom. The van der Waals surface area contributed by atoms with Gasteiger partial charge in [-0.2, -0.15) is 0 Å². The van der Waals surface area contributed by atoms with Crippen LogP contribution in [0.5, 0.6) is 0 Å². The maximum absolute atomic E-state index is 2.49. The van der Waals surface area contributed by atoms with Gasteiger partial charge in [-0.3, -0.25) is 0 Å². The lowest BCUT2D eigenvalue weighted by atomic mass is 9.76. The molecule has 0 spiro atoms. The SMILES string of the molecule is CC(C)(C)c1ccc2c(c1)C(C)(C)c1cc(C(C)(C)C)cc(-c3ccc(N(c4ccc(-c5ccccc5)cc4)c4ccc(-c5ccccc5)cc4)cc3)c1-2. The molecular formula is C53H51N. The Bertz CT molecular complexity index is 2340. The fourth-order valence-corrected chi connectivity index (χ4v) is 8.08. The van der Waals surface area contributed by atoms with E-state index >= 15 is 0 Å². The summed E-state index contributed by atoms with van der Waals surface area (Å²) < 4.78 is 0. The third kappa shape index (κ3) is 6.47. The average Bonchev–Trinajstić information content (AvgIpc) is 3.41. The lowest BCUT2D eigenvalue weighted by Gasteiger charge is -2.28. The molecule has 268 valence electrons. The van der Waals surface area contributed by atoms with Crippen molar-refractivity contribution in [1.82, 2.24) is 0 Å². The Balaban J connectivity index is 1.24. The molecule has 7 aromatic carbocycles. The van der Waals surface area contributed by atoms with Crippen LogP contribution in [0.25, 0.3) is 44.5 Å². The van der Waals surface area contributed by atoms with Gasteiger partial charge in [0.15, 0.2) is 0 Å². The molecule has 0 unspecified atom stereocenters. The Morgan fingerprint density at radius 1 is 0.370 bits per heavy atom. The second-order valence-electron chi connectivity index (χ2n) is 17.5. The predicted molar refractivity (Wildman–Crippen MR) is 232 cm³/mol. The van der Waals surface area contributed by atoms with Gasteiger partial charge >= 0.3 is 0 Å². The molecule has 54 heavy (non-hydrogen) atoms. The summed E-state index contributed by atoms with van der Waals surface area (Å²) in [6.07, 6.45) is 0. The number of rotatable bonds is 6. The number of anilines is 3. The molecule has 1 aliphatic rings. The Hall–Kier alpha value is -5.66. The van der Waals surface area contributed by atoms with Crippen LogP contribution in [0.15, 0.2) is 164 Å². The van der Waals surface area contributed by atoms with Crippen molar-refractivity contribution in [1.29, 1.82) is 0 Å². The van der Waals surface area contributed by atoms with Gasteiger partial charge in [0.05, 0.1) is 0 Å². The molecule has 1 heteroatoms. The summed E-state index contributed by atoms with van der Waals surface area (Å²) in [6.45, 7) is 18.8. The van der Waals surface area contributed by atoms with E-state index in [9.17, 15) is 0 Å². The minimum Gasteiger partial charge on any atom is -0.311 e. The van der Waals surface area contributed by atoms with Gasteiger partial charge in [0.25, 0.3) is 0 Å². The summed E-state index contributed by atoms with van der Waals surface area (Å²) in [6, 6.07) is 60.5. The van der Waals surface area contributed by atoms with Crippen molar-refractivity contribution >= 4 is 17.1 Å². The summed E-state index contributed by atoms with van der Waals surface area (Å²) in [5.41, 5.74) is 19.1. The summed E-state index contributed by atoms with van der Waals surface area (Å²) in [5, 5.41) is 0. The van der Waals surface area contributed by atoms with Crippen LogP contribution >= 0.6 is 0 Å². The average molecular weight is 702 g/mol. The minimum atomic E-state index is -0.101. The fraction of sp³-hybridized carbons (Fsp3) is 0.208. The third-order valence-electron chi connectivity index (χ3n) is 11.4. The van der Waals surface area contributed by atoms with Crippen LogP contribution in [0, 0.1) is 0 Å². The zero-order chi connectivity index (χ0) is 37.8. The summed E-state index contributed by atoms with van der Waals surface area (Å²) in [7, 11) is 0. The van der Waals surface area contributed by atoms with Crippen molar-refractivity contribution in [2.45, 2.75) is 71.6 Å². The molecule has 0 heterocycles. The highest BCUT2D eigenvalue weighted by atomic mass is 15.1. The van der Waals surface area contributed by atoms with Gasteiger partial charge in [-0.05, 0) is 120 Å². The topological polar surface area (TPSA) is 3.24 Å². The standard InChI is InChI=1S/C53H51N/c1-51(2,3)41-25-32-46-48(34-41)53(7,8)49-35-42(52(4,5)6)33-47(50(46)49)40-23-30-45(31-24-40)54(43-26-19-38(20-27-43)36-15-11-9-12-16-36)44-28-21-39(22-29-44)37-17-13-10-14-18-37/h9-35H,1-8H3. The van der Waals surface area contributed by atoms with Gasteiger partial charge in [-0.1, -0.05) is 177 Å². The lowest BCUT2D eigenvalue weighted by molar-refractivity contribution is 0.580. The summed E-state index contributed by atoms with van der Waals surface area (Å²) in [5.74, 6) is 0. The van der Waals surface area contributed by atoms with Crippen LogP contribution in [-0.4, -0.2) is 0 Å². The van der Waals surface area contributed by atoms with Crippen LogP contribution < -0.4 is 4.90 Å². The van der Waals surface area contributed by atoms with E-state index in [2.05, 4.69) is 224 Å². The van der Waals surface area contributed by atoms with E-state index in [1.807, 2.05) is 0 Å². The van der Waals surface area contributed by atoms with Crippen molar-refractivity contribution < 1.29 is 0 Å². The highest BCUT2D eigenvalue weighted by Crippen LogP contribution is 2.54. The Morgan fingerprint density at radius 2 is 0.778 bits per heavy atom.